The SMILES string of the molecule is CC(=O)C(=O)CNc1c(N)cc(Cl)nc1Cl. The molecule has 0 unspecified atom stereocenters. The largest absolute Gasteiger partial charge is 0.397 e. The van der Waals surface area contributed by atoms with Gasteiger partial charge in [0.15, 0.2) is 10.9 Å². The highest BCUT2D eigenvalue weighted by atomic mass is 35.5. The number of rotatable bonds is 4. The van der Waals surface area contributed by atoms with Crippen LogP contribution in [0.25, 0.3) is 0 Å². The van der Waals surface area contributed by atoms with Crippen molar-refractivity contribution in [1.82, 2.24) is 4.98 Å². The lowest BCUT2D eigenvalue weighted by atomic mass is 10.2. The number of carbonyl (C=O) groups is 2. The van der Waals surface area contributed by atoms with Gasteiger partial charge in [-0.05, 0) is 0 Å². The maximum absolute atomic E-state index is 11.1. The minimum absolute atomic E-state index is 0.0568. The lowest BCUT2D eigenvalue weighted by molar-refractivity contribution is -0.134. The molecule has 7 heteroatoms. The van der Waals surface area contributed by atoms with Gasteiger partial charge in [0.25, 0.3) is 0 Å². The van der Waals surface area contributed by atoms with E-state index in [1.807, 2.05) is 0 Å². The van der Waals surface area contributed by atoms with E-state index in [4.69, 9.17) is 28.9 Å². The van der Waals surface area contributed by atoms with Crippen LogP contribution in [0.4, 0.5) is 11.4 Å². The first kappa shape index (κ1) is 12.7. The predicted octanol–water partition coefficient (Wildman–Crippen LogP) is 1.54. The van der Waals surface area contributed by atoms with E-state index in [9.17, 15) is 9.59 Å². The molecule has 0 aliphatic carbocycles. The maximum atomic E-state index is 11.1. The summed E-state index contributed by atoms with van der Waals surface area (Å²) in [5.74, 6) is -1.10. The first-order chi connectivity index (χ1) is 7.41. The van der Waals surface area contributed by atoms with Gasteiger partial charge in [0.1, 0.15) is 5.15 Å². The van der Waals surface area contributed by atoms with Crippen LogP contribution in [0, 0.1) is 0 Å². The Hall–Kier alpha value is -1.33. The number of halogens is 2. The summed E-state index contributed by atoms with van der Waals surface area (Å²) in [5.41, 5.74) is 6.17. The highest BCUT2D eigenvalue weighted by molar-refractivity contribution is 6.38. The van der Waals surface area contributed by atoms with Gasteiger partial charge >= 0.3 is 0 Å². The lowest BCUT2D eigenvalue weighted by Gasteiger charge is -2.09. The van der Waals surface area contributed by atoms with Crippen LogP contribution in [0.5, 0.6) is 0 Å². The van der Waals surface area contributed by atoms with Gasteiger partial charge in [0.2, 0.25) is 5.78 Å². The van der Waals surface area contributed by atoms with Crippen LogP contribution in [0.15, 0.2) is 6.07 Å². The molecule has 3 N–H and O–H groups in total. The molecule has 1 rings (SSSR count). The number of carbonyl (C=O) groups excluding carboxylic acids is 2. The van der Waals surface area contributed by atoms with Crippen molar-refractivity contribution < 1.29 is 9.59 Å². The van der Waals surface area contributed by atoms with Crippen LogP contribution in [-0.4, -0.2) is 23.1 Å². The fourth-order valence-corrected chi connectivity index (χ4v) is 1.48. The average molecular weight is 262 g/mol. The van der Waals surface area contributed by atoms with Gasteiger partial charge in [0, 0.05) is 13.0 Å². The van der Waals surface area contributed by atoms with Gasteiger partial charge in [-0.15, -0.1) is 0 Å². The van der Waals surface area contributed by atoms with E-state index in [0.717, 1.165) is 0 Å². The minimum Gasteiger partial charge on any atom is -0.397 e. The number of ketones is 2. The Morgan fingerprint density at radius 2 is 2.12 bits per heavy atom. The summed E-state index contributed by atoms with van der Waals surface area (Å²) in [6, 6.07) is 1.40. The Morgan fingerprint density at radius 1 is 1.50 bits per heavy atom. The molecule has 0 saturated carbocycles. The normalized spacial score (nSPS) is 9.94. The second-order valence-corrected chi connectivity index (χ2v) is 3.78. The van der Waals surface area contributed by atoms with Gasteiger partial charge < -0.3 is 11.1 Å². The Bertz CT molecular complexity index is 425. The molecule has 0 aromatic carbocycles. The van der Waals surface area contributed by atoms with Gasteiger partial charge in [0.05, 0.1) is 17.9 Å². The molecular formula is C9H9Cl2N3O2. The van der Waals surface area contributed by atoms with Gasteiger partial charge in [-0.25, -0.2) is 4.98 Å². The number of nitrogens with one attached hydrogen (secondary N) is 1. The molecule has 1 aromatic heterocycles. The number of hydrogen-bond donors (Lipinski definition) is 2. The quantitative estimate of drug-likeness (QED) is 0.635. The summed E-state index contributed by atoms with van der Waals surface area (Å²) in [4.78, 5) is 25.5. The third-order valence-corrected chi connectivity index (χ3v) is 2.26. The molecule has 0 amide bonds. The zero-order valence-corrected chi connectivity index (χ0v) is 9.89. The van der Waals surface area contributed by atoms with Crippen LogP contribution in [0.2, 0.25) is 10.3 Å². The Kier molecular flexibility index (Phi) is 4.09. The third-order valence-electron chi connectivity index (χ3n) is 1.79. The number of pyridine rings is 1. The topological polar surface area (TPSA) is 85.1 Å². The fourth-order valence-electron chi connectivity index (χ4n) is 0.970. The first-order valence-corrected chi connectivity index (χ1v) is 5.06. The number of Topliss-reactive ketones (excluding diaryl/α,β-unsaturated/α-hetero) is 2. The van der Waals surface area contributed by atoms with E-state index in [2.05, 4.69) is 10.3 Å². The van der Waals surface area contributed by atoms with Gasteiger partial charge in [-0.1, -0.05) is 23.2 Å². The first-order valence-electron chi connectivity index (χ1n) is 4.31. The number of hydrogen-bond acceptors (Lipinski definition) is 5. The fraction of sp³-hybridized carbons (Fsp3) is 0.222. The highest BCUT2D eigenvalue weighted by Crippen LogP contribution is 2.28. The van der Waals surface area contributed by atoms with E-state index in [0.29, 0.717) is 5.69 Å². The molecule has 86 valence electrons. The van der Waals surface area contributed by atoms with Crippen molar-refractivity contribution in [3.63, 3.8) is 0 Å². The van der Waals surface area contributed by atoms with Crippen molar-refractivity contribution in [2.75, 3.05) is 17.6 Å². The van der Waals surface area contributed by atoms with Crippen molar-refractivity contribution in [1.29, 1.82) is 0 Å². The number of nitrogens with two attached hydrogens (primary N) is 1. The Labute approximate surface area is 102 Å². The van der Waals surface area contributed by atoms with Crippen LogP contribution >= 0.6 is 23.2 Å². The van der Waals surface area contributed by atoms with Crippen molar-refractivity contribution >= 4 is 46.1 Å². The molecule has 16 heavy (non-hydrogen) atoms. The van der Waals surface area contributed by atoms with Crippen LogP contribution in [-0.2, 0) is 9.59 Å². The van der Waals surface area contributed by atoms with Crippen molar-refractivity contribution in [2.24, 2.45) is 0 Å². The summed E-state index contributed by atoms with van der Waals surface area (Å²) < 4.78 is 0. The predicted molar refractivity (Wildman–Crippen MR) is 62.8 cm³/mol. The summed E-state index contributed by atoms with van der Waals surface area (Å²) in [7, 11) is 0. The molecule has 0 aliphatic rings. The molecule has 0 bridgehead atoms. The molecule has 0 radical (unpaired) electrons. The maximum Gasteiger partial charge on any atom is 0.217 e. The van der Waals surface area contributed by atoms with Crippen molar-refractivity contribution in [2.45, 2.75) is 6.92 Å². The molecule has 1 heterocycles. The monoisotopic (exact) mass is 261 g/mol. The smallest absolute Gasteiger partial charge is 0.217 e. The van der Waals surface area contributed by atoms with Gasteiger partial charge in [-0.2, -0.15) is 0 Å². The molecule has 0 saturated heterocycles. The molecule has 1 aromatic rings. The van der Waals surface area contributed by atoms with E-state index >= 15 is 0 Å². The van der Waals surface area contributed by atoms with Gasteiger partial charge in [-0.3, -0.25) is 9.59 Å². The van der Waals surface area contributed by atoms with Crippen molar-refractivity contribution in [3.05, 3.63) is 16.4 Å². The molecule has 0 fully saturated rings. The Morgan fingerprint density at radius 3 is 2.62 bits per heavy atom. The second-order valence-electron chi connectivity index (χ2n) is 3.03. The van der Waals surface area contributed by atoms with Crippen molar-refractivity contribution in [3.8, 4) is 0 Å². The van der Waals surface area contributed by atoms with E-state index < -0.39 is 11.6 Å². The zero-order chi connectivity index (χ0) is 12.3. The highest BCUT2D eigenvalue weighted by Gasteiger charge is 2.12. The molecule has 5 nitrogen and oxygen atoms in total. The minimum atomic E-state index is -0.564. The summed E-state index contributed by atoms with van der Waals surface area (Å²) in [6.45, 7) is 1.01. The van der Waals surface area contributed by atoms with Crippen LogP contribution in [0.1, 0.15) is 6.92 Å². The van der Waals surface area contributed by atoms with Crippen LogP contribution in [0.3, 0.4) is 0 Å². The zero-order valence-electron chi connectivity index (χ0n) is 8.38. The second kappa shape index (κ2) is 5.14. The summed E-state index contributed by atoms with van der Waals surface area (Å²) >= 11 is 11.4. The van der Waals surface area contributed by atoms with E-state index in [1.165, 1.54) is 13.0 Å². The molecular weight excluding hydrogens is 253 g/mol. The lowest BCUT2D eigenvalue weighted by Crippen LogP contribution is -2.21. The molecule has 0 atom stereocenters. The summed E-state index contributed by atoms with van der Waals surface area (Å²) in [6.07, 6.45) is 0. The van der Waals surface area contributed by atoms with E-state index in [1.54, 1.807) is 0 Å². The third kappa shape index (κ3) is 3.08. The number of nitrogens with zero attached hydrogens (tertiary/aromatic N) is 1. The molecule has 0 aliphatic heterocycles. The number of nitrogen functional groups attached to an aromatic ring is 1. The summed E-state index contributed by atoms with van der Waals surface area (Å²) in [5, 5.41) is 2.86. The van der Waals surface area contributed by atoms with E-state index in [-0.39, 0.29) is 22.5 Å². The number of anilines is 2. The van der Waals surface area contributed by atoms with Crippen LogP contribution < -0.4 is 11.1 Å². The Balaban J connectivity index is 2.82. The average Bonchev–Trinajstić information content (AvgIpc) is 2.15. The number of aromatic nitrogens is 1. The molecule has 0 spiro atoms. The standard InChI is InChI=1S/C9H9Cl2N3O2/c1-4(15)6(16)3-13-8-5(12)2-7(10)14-9(8)11/h2,13H,3H2,1H3,(H2,12,14).